The van der Waals surface area contributed by atoms with Crippen LogP contribution in [0.25, 0.3) is 0 Å². The Hall–Kier alpha value is -1.66. The number of esters is 1. The van der Waals surface area contributed by atoms with Gasteiger partial charge in [0, 0.05) is 12.8 Å². The summed E-state index contributed by atoms with van der Waals surface area (Å²) >= 11 is 0. The number of hydrogen-bond acceptors (Lipinski definition) is 5. The first kappa shape index (κ1) is 82.3. The highest BCUT2D eigenvalue weighted by molar-refractivity contribution is 5.76. The van der Waals surface area contributed by atoms with Crippen LogP contribution in [0.5, 0.6) is 0 Å². The van der Waals surface area contributed by atoms with Gasteiger partial charge in [-0.15, -0.1) is 0 Å². The highest BCUT2D eigenvalue weighted by Crippen LogP contribution is 2.20. The molecule has 0 radical (unpaired) electrons. The largest absolute Gasteiger partial charge is 0.466 e. The van der Waals surface area contributed by atoms with Gasteiger partial charge in [0.2, 0.25) is 5.91 Å². The topological polar surface area (TPSA) is 95.9 Å². The summed E-state index contributed by atoms with van der Waals surface area (Å²) in [6.45, 7) is 4.96. The van der Waals surface area contributed by atoms with Crippen molar-refractivity contribution in [2.75, 3.05) is 13.2 Å². The van der Waals surface area contributed by atoms with Crippen LogP contribution in [0.3, 0.4) is 0 Å². The Morgan fingerprint density at radius 2 is 0.595 bits per heavy atom. The van der Waals surface area contributed by atoms with Crippen LogP contribution in [0.2, 0.25) is 0 Å². The fraction of sp³-hybridized carbons (Fsp3) is 0.923. The summed E-state index contributed by atoms with van der Waals surface area (Å²) in [4.78, 5) is 24.6. The molecule has 498 valence electrons. The Balaban J connectivity index is 3.29. The van der Waals surface area contributed by atoms with E-state index in [1.54, 1.807) is 0 Å². The van der Waals surface area contributed by atoms with Crippen molar-refractivity contribution in [1.82, 2.24) is 5.32 Å². The molecule has 1 amide bonds. The summed E-state index contributed by atoms with van der Waals surface area (Å²) in [6, 6.07) is -0.536. The molecule has 0 fully saturated rings. The normalized spacial score (nSPS) is 12.6. The number of carbonyl (C=O) groups excluding carboxylic acids is 2. The third-order valence-corrected chi connectivity index (χ3v) is 18.3. The minimum atomic E-state index is -0.659. The van der Waals surface area contributed by atoms with E-state index in [0.717, 1.165) is 51.4 Å². The molecule has 0 saturated heterocycles. The lowest BCUT2D eigenvalue weighted by atomic mass is 10.0. The van der Waals surface area contributed by atoms with E-state index in [9.17, 15) is 19.8 Å². The molecule has 0 rings (SSSR count). The lowest BCUT2D eigenvalue weighted by Gasteiger charge is -2.22. The van der Waals surface area contributed by atoms with Gasteiger partial charge in [0.05, 0.1) is 25.4 Å². The van der Waals surface area contributed by atoms with Crippen molar-refractivity contribution in [2.24, 2.45) is 0 Å². The van der Waals surface area contributed by atoms with Crippen LogP contribution in [-0.4, -0.2) is 47.4 Å². The molecular formula is C78H151NO5. The van der Waals surface area contributed by atoms with Gasteiger partial charge in [0.15, 0.2) is 0 Å². The van der Waals surface area contributed by atoms with Crippen molar-refractivity contribution in [3.63, 3.8) is 0 Å². The van der Waals surface area contributed by atoms with E-state index in [1.165, 1.54) is 353 Å². The number of unbranched alkanes of at least 4 members (excludes halogenated alkanes) is 58. The molecule has 6 heteroatoms. The van der Waals surface area contributed by atoms with Gasteiger partial charge < -0.3 is 20.3 Å². The number of rotatable bonds is 73. The molecule has 2 atom stereocenters. The maximum absolute atomic E-state index is 12.5. The number of amides is 1. The van der Waals surface area contributed by atoms with E-state index >= 15 is 0 Å². The summed E-state index contributed by atoms with van der Waals surface area (Å²) in [5, 5.41) is 23.4. The fourth-order valence-corrected chi connectivity index (χ4v) is 12.4. The van der Waals surface area contributed by atoms with Crippen molar-refractivity contribution >= 4 is 11.9 Å². The molecular weight excluding hydrogens is 1030 g/mol. The number of nitrogens with one attached hydrogen (secondary N) is 1. The number of ether oxygens (including phenoxy) is 1. The Labute approximate surface area is 526 Å². The first-order valence-corrected chi connectivity index (χ1v) is 38.6. The Morgan fingerprint density at radius 3 is 0.929 bits per heavy atom. The summed E-state index contributed by atoms with van der Waals surface area (Å²) in [6.07, 6.45) is 94.1. The van der Waals surface area contributed by atoms with Crippen LogP contribution < -0.4 is 5.32 Å². The third kappa shape index (κ3) is 69.4. The summed E-state index contributed by atoms with van der Waals surface area (Å²) in [7, 11) is 0. The average molecular weight is 1180 g/mol. The standard InChI is InChI=1S/C78H151NO5/c1-3-5-7-9-11-13-15-17-42-46-50-54-58-62-66-70-76(81)75(74-80)79-77(82)71-67-63-59-55-51-47-44-40-38-36-34-32-30-28-26-24-22-20-19-21-23-25-27-29-31-33-35-37-39-41-45-49-53-57-61-65-69-73-84-78(83)72-68-64-60-56-52-48-43-18-16-14-12-10-8-6-4-2/h12,14,18,43,75-76,80-81H,3-11,13,15-17,19-42,44-74H2,1-2H3,(H,79,82)/b14-12-,43-18-. The van der Waals surface area contributed by atoms with E-state index in [1.807, 2.05) is 0 Å². The first-order chi connectivity index (χ1) is 41.5. The molecule has 0 heterocycles. The number of hydrogen-bond donors (Lipinski definition) is 3. The van der Waals surface area contributed by atoms with Gasteiger partial charge in [-0.2, -0.15) is 0 Å². The van der Waals surface area contributed by atoms with E-state index in [0.29, 0.717) is 25.9 Å². The highest BCUT2D eigenvalue weighted by Gasteiger charge is 2.20. The van der Waals surface area contributed by atoms with Gasteiger partial charge in [0.1, 0.15) is 0 Å². The SMILES string of the molecule is CCCCC/C=C\C/C=C\CCCCCCCC(=O)OCCCCCCCCCCCCCCCCCCCCCCCCCCCCCCCCCCCCCCCC(=O)NC(CO)C(O)CCCCCCCCCCCCCCCCC. The number of aliphatic hydroxyl groups is 2. The van der Waals surface area contributed by atoms with Crippen molar-refractivity contribution in [1.29, 1.82) is 0 Å². The maximum atomic E-state index is 12.5. The molecule has 0 aliphatic carbocycles. The van der Waals surface area contributed by atoms with Crippen molar-refractivity contribution in [2.45, 2.75) is 450 Å². The summed E-state index contributed by atoms with van der Waals surface area (Å²) in [5.74, 6) is -0.0157. The van der Waals surface area contributed by atoms with Crippen molar-refractivity contribution in [3.05, 3.63) is 24.3 Å². The zero-order valence-corrected chi connectivity index (χ0v) is 57.2. The minimum absolute atomic E-state index is 0.01000. The Bertz CT molecular complexity index is 1320. The van der Waals surface area contributed by atoms with Crippen LogP contribution in [0.1, 0.15) is 438 Å². The molecule has 0 aromatic rings. The summed E-state index contributed by atoms with van der Waals surface area (Å²) < 4.78 is 5.49. The lowest BCUT2D eigenvalue weighted by Crippen LogP contribution is -2.45. The van der Waals surface area contributed by atoms with Gasteiger partial charge in [-0.05, 0) is 57.8 Å². The third-order valence-electron chi connectivity index (χ3n) is 18.3. The van der Waals surface area contributed by atoms with Crippen LogP contribution in [0.4, 0.5) is 0 Å². The predicted molar refractivity (Wildman–Crippen MR) is 370 cm³/mol. The molecule has 0 bridgehead atoms. The zero-order chi connectivity index (χ0) is 60.6. The average Bonchev–Trinajstić information content (AvgIpc) is 3.53. The maximum Gasteiger partial charge on any atom is 0.305 e. The van der Waals surface area contributed by atoms with Crippen molar-refractivity contribution < 1.29 is 24.5 Å². The second-order valence-corrected chi connectivity index (χ2v) is 26.7. The van der Waals surface area contributed by atoms with Crippen LogP contribution in [0.15, 0.2) is 24.3 Å². The second kappa shape index (κ2) is 73.8. The van der Waals surface area contributed by atoms with Gasteiger partial charge in [-0.1, -0.05) is 391 Å². The number of aliphatic hydroxyl groups excluding tert-OH is 2. The van der Waals surface area contributed by atoms with Gasteiger partial charge >= 0.3 is 5.97 Å². The molecule has 0 aromatic carbocycles. The zero-order valence-electron chi connectivity index (χ0n) is 57.2. The molecule has 0 aromatic heterocycles. The highest BCUT2D eigenvalue weighted by atomic mass is 16.5. The molecule has 6 nitrogen and oxygen atoms in total. The molecule has 84 heavy (non-hydrogen) atoms. The smallest absolute Gasteiger partial charge is 0.305 e. The monoisotopic (exact) mass is 1180 g/mol. The minimum Gasteiger partial charge on any atom is -0.466 e. The number of carbonyl (C=O) groups is 2. The fourth-order valence-electron chi connectivity index (χ4n) is 12.4. The van der Waals surface area contributed by atoms with Crippen LogP contribution in [0, 0.1) is 0 Å². The van der Waals surface area contributed by atoms with E-state index in [-0.39, 0.29) is 18.5 Å². The predicted octanol–water partition coefficient (Wildman–Crippen LogP) is 25.3. The van der Waals surface area contributed by atoms with Gasteiger partial charge in [-0.25, -0.2) is 0 Å². The molecule has 3 N–H and O–H groups in total. The lowest BCUT2D eigenvalue weighted by molar-refractivity contribution is -0.143. The quantitative estimate of drug-likeness (QED) is 0.0320. The van der Waals surface area contributed by atoms with E-state index < -0.39 is 12.1 Å². The number of allylic oxidation sites excluding steroid dienone is 4. The second-order valence-electron chi connectivity index (χ2n) is 26.7. The van der Waals surface area contributed by atoms with E-state index in [2.05, 4.69) is 43.5 Å². The Kier molecular flexibility index (Phi) is 72.3. The summed E-state index contributed by atoms with van der Waals surface area (Å²) in [5.41, 5.74) is 0. The van der Waals surface area contributed by atoms with Crippen LogP contribution >= 0.6 is 0 Å². The van der Waals surface area contributed by atoms with E-state index in [4.69, 9.17) is 4.74 Å². The van der Waals surface area contributed by atoms with Gasteiger partial charge in [0.25, 0.3) is 0 Å². The molecule has 2 unspecified atom stereocenters. The van der Waals surface area contributed by atoms with Crippen molar-refractivity contribution in [3.8, 4) is 0 Å². The Morgan fingerprint density at radius 1 is 0.333 bits per heavy atom. The molecule has 0 saturated carbocycles. The molecule has 0 aliphatic heterocycles. The first-order valence-electron chi connectivity index (χ1n) is 38.6. The molecule has 0 aliphatic rings. The molecule has 0 spiro atoms. The van der Waals surface area contributed by atoms with Crippen LogP contribution in [-0.2, 0) is 14.3 Å². The van der Waals surface area contributed by atoms with Gasteiger partial charge in [-0.3, -0.25) is 9.59 Å².